The fourth-order valence-electron chi connectivity index (χ4n) is 1.97. The quantitative estimate of drug-likeness (QED) is 0.746. The third-order valence-corrected chi connectivity index (χ3v) is 3.02. The van der Waals surface area contributed by atoms with E-state index in [2.05, 4.69) is 0 Å². The highest BCUT2D eigenvalue weighted by Crippen LogP contribution is 2.19. The number of nitrogens with two attached hydrogens (primary N) is 1. The van der Waals surface area contributed by atoms with Crippen LogP contribution in [0, 0.1) is 5.92 Å². The van der Waals surface area contributed by atoms with Crippen LogP contribution in [-0.2, 0) is 9.53 Å². The average molecular weight is 214 g/mol. The molecule has 0 aromatic heterocycles. The fourth-order valence-corrected chi connectivity index (χ4v) is 1.97. The molecule has 15 heavy (non-hydrogen) atoms. The van der Waals surface area contributed by atoms with E-state index in [0.29, 0.717) is 6.61 Å². The largest absolute Gasteiger partial charge is 0.383 e. The summed E-state index contributed by atoms with van der Waals surface area (Å²) in [6.45, 7) is 5.40. The zero-order chi connectivity index (χ0) is 11.4. The first kappa shape index (κ1) is 12.5. The van der Waals surface area contributed by atoms with Crippen LogP contribution in [0.4, 0.5) is 0 Å². The number of carbonyl (C=O) groups excluding carboxylic acids is 1. The average Bonchev–Trinajstić information content (AvgIpc) is 2.64. The second-order valence-corrected chi connectivity index (χ2v) is 4.55. The van der Waals surface area contributed by atoms with Crippen molar-refractivity contribution in [2.24, 2.45) is 11.7 Å². The molecular formula is C11H22N2O2. The van der Waals surface area contributed by atoms with Crippen LogP contribution in [-0.4, -0.2) is 43.2 Å². The predicted octanol–water partition coefficient (Wildman–Crippen LogP) is 0.607. The van der Waals surface area contributed by atoms with E-state index in [1.165, 1.54) is 0 Å². The van der Waals surface area contributed by atoms with Crippen molar-refractivity contribution in [3.05, 3.63) is 0 Å². The van der Waals surface area contributed by atoms with Gasteiger partial charge in [-0.05, 0) is 18.8 Å². The van der Waals surface area contributed by atoms with E-state index < -0.39 is 0 Å². The Bertz CT molecular complexity index is 219. The van der Waals surface area contributed by atoms with Crippen LogP contribution in [0.3, 0.4) is 0 Å². The first-order valence-electron chi connectivity index (χ1n) is 5.63. The van der Waals surface area contributed by atoms with Crippen molar-refractivity contribution in [2.75, 3.05) is 20.3 Å². The Balaban J connectivity index is 2.58. The van der Waals surface area contributed by atoms with Gasteiger partial charge in [-0.25, -0.2) is 0 Å². The standard InChI is InChI=1S/C11H22N2O2/c1-8(2)10(12)11(14)13-6-4-5-9(13)7-15-3/h8-10H,4-7,12H2,1-3H3/t9-,10?/m0/s1. The number of nitrogens with zero attached hydrogens (tertiary/aromatic N) is 1. The fraction of sp³-hybridized carbons (Fsp3) is 0.909. The Morgan fingerprint density at radius 2 is 2.27 bits per heavy atom. The molecule has 4 heteroatoms. The van der Waals surface area contributed by atoms with Crippen LogP contribution in [0.25, 0.3) is 0 Å². The molecule has 1 fully saturated rings. The molecule has 0 aliphatic carbocycles. The van der Waals surface area contributed by atoms with Crippen molar-refractivity contribution < 1.29 is 9.53 Å². The minimum Gasteiger partial charge on any atom is -0.383 e. The summed E-state index contributed by atoms with van der Waals surface area (Å²) < 4.78 is 5.11. The van der Waals surface area contributed by atoms with Crippen LogP contribution in [0.2, 0.25) is 0 Å². The molecule has 0 saturated carbocycles. The normalized spacial score (nSPS) is 23.5. The van der Waals surface area contributed by atoms with Gasteiger partial charge in [0.1, 0.15) is 0 Å². The Kier molecular flexibility index (Phi) is 4.54. The Hall–Kier alpha value is -0.610. The second kappa shape index (κ2) is 5.47. The van der Waals surface area contributed by atoms with E-state index in [0.717, 1.165) is 19.4 Å². The molecule has 1 saturated heterocycles. The first-order valence-corrected chi connectivity index (χ1v) is 5.63. The number of amides is 1. The summed E-state index contributed by atoms with van der Waals surface area (Å²) >= 11 is 0. The summed E-state index contributed by atoms with van der Waals surface area (Å²) in [6, 6.07) is -0.144. The third kappa shape index (κ3) is 2.92. The summed E-state index contributed by atoms with van der Waals surface area (Å²) in [4.78, 5) is 13.9. The number of rotatable bonds is 4. The number of ether oxygens (including phenoxy) is 1. The van der Waals surface area contributed by atoms with Gasteiger partial charge in [0.25, 0.3) is 0 Å². The van der Waals surface area contributed by atoms with Crippen molar-refractivity contribution in [1.82, 2.24) is 4.90 Å². The van der Waals surface area contributed by atoms with Crippen molar-refractivity contribution in [1.29, 1.82) is 0 Å². The molecule has 0 aromatic rings. The summed E-state index contributed by atoms with van der Waals surface area (Å²) in [7, 11) is 1.67. The molecule has 1 unspecified atom stereocenters. The van der Waals surface area contributed by atoms with Crippen molar-refractivity contribution in [2.45, 2.75) is 38.8 Å². The molecule has 0 spiro atoms. The summed E-state index contributed by atoms with van der Waals surface area (Å²) in [6.07, 6.45) is 2.09. The lowest BCUT2D eigenvalue weighted by Gasteiger charge is -2.28. The molecular weight excluding hydrogens is 192 g/mol. The number of hydrogen-bond acceptors (Lipinski definition) is 3. The smallest absolute Gasteiger partial charge is 0.240 e. The maximum absolute atomic E-state index is 12.0. The maximum atomic E-state index is 12.0. The van der Waals surface area contributed by atoms with Gasteiger partial charge in [-0.15, -0.1) is 0 Å². The molecule has 2 N–H and O–H groups in total. The molecule has 0 radical (unpaired) electrons. The molecule has 4 nitrogen and oxygen atoms in total. The van der Waals surface area contributed by atoms with Crippen LogP contribution >= 0.6 is 0 Å². The van der Waals surface area contributed by atoms with Gasteiger partial charge in [0.2, 0.25) is 5.91 Å². The van der Waals surface area contributed by atoms with Crippen molar-refractivity contribution in [3.63, 3.8) is 0 Å². The van der Waals surface area contributed by atoms with Gasteiger partial charge in [-0.3, -0.25) is 4.79 Å². The van der Waals surface area contributed by atoms with Crippen LogP contribution in [0.5, 0.6) is 0 Å². The summed E-state index contributed by atoms with van der Waals surface area (Å²) in [5.41, 5.74) is 5.87. The highest BCUT2D eigenvalue weighted by Gasteiger charge is 2.32. The van der Waals surface area contributed by atoms with E-state index in [1.54, 1.807) is 7.11 Å². The molecule has 0 bridgehead atoms. The minimum absolute atomic E-state index is 0.0737. The molecule has 88 valence electrons. The van der Waals surface area contributed by atoms with E-state index in [4.69, 9.17) is 10.5 Å². The van der Waals surface area contributed by atoms with Gasteiger partial charge < -0.3 is 15.4 Å². The number of likely N-dealkylation sites (tertiary alicyclic amines) is 1. The molecule has 1 rings (SSSR count). The van der Waals surface area contributed by atoms with Crippen LogP contribution in [0.1, 0.15) is 26.7 Å². The Labute approximate surface area is 91.8 Å². The molecule has 2 atom stereocenters. The maximum Gasteiger partial charge on any atom is 0.240 e. The molecule has 1 amide bonds. The highest BCUT2D eigenvalue weighted by atomic mass is 16.5. The Morgan fingerprint density at radius 3 is 2.80 bits per heavy atom. The lowest BCUT2D eigenvalue weighted by Crippen LogP contribution is -2.49. The summed E-state index contributed by atoms with van der Waals surface area (Å²) in [5, 5.41) is 0. The molecule has 1 heterocycles. The topological polar surface area (TPSA) is 55.6 Å². The van der Waals surface area contributed by atoms with Gasteiger partial charge in [-0.1, -0.05) is 13.8 Å². The van der Waals surface area contributed by atoms with Gasteiger partial charge in [-0.2, -0.15) is 0 Å². The Morgan fingerprint density at radius 1 is 1.60 bits per heavy atom. The highest BCUT2D eigenvalue weighted by molar-refractivity contribution is 5.82. The lowest BCUT2D eigenvalue weighted by atomic mass is 10.0. The zero-order valence-electron chi connectivity index (χ0n) is 9.90. The number of hydrogen-bond donors (Lipinski definition) is 1. The SMILES string of the molecule is COC[C@@H]1CCCN1C(=O)C(N)C(C)C. The van der Waals surface area contributed by atoms with Crippen LogP contribution in [0.15, 0.2) is 0 Å². The van der Waals surface area contributed by atoms with Gasteiger partial charge in [0.15, 0.2) is 0 Å². The predicted molar refractivity (Wildman–Crippen MR) is 59.4 cm³/mol. The van der Waals surface area contributed by atoms with E-state index >= 15 is 0 Å². The third-order valence-electron chi connectivity index (χ3n) is 3.02. The van der Waals surface area contributed by atoms with E-state index in [1.807, 2.05) is 18.7 Å². The zero-order valence-corrected chi connectivity index (χ0v) is 9.90. The van der Waals surface area contributed by atoms with E-state index in [-0.39, 0.29) is 23.9 Å². The van der Waals surface area contributed by atoms with Crippen molar-refractivity contribution >= 4 is 5.91 Å². The monoisotopic (exact) mass is 214 g/mol. The second-order valence-electron chi connectivity index (χ2n) is 4.55. The van der Waals surface area contributed by atoms with Gasteiger partial charge in [0, 0.05) is 13.7 Å². The number of methoxy groups -OCH3 is 1. The van der Waals surface area contributed by atoms with E-state index in [9.17, 15) is 4.79 Å². The van der Waals surface area contributed by atoms with Crippen LogP contribution < -0.4 is 5.73 Å². The summed E-state index contributed by atoms with van der Waals surface area (Å²) in [5.74, 6) is 0.269. The molecule has 1 aliphatic heterocycles. The van der Waals surface area contributed by atoms with Gasteiger partial charge in [0.05, 0.1) is 18.7 Å². The molecule has 0 aromatic carbocycles. The number of carbonyl (C=O) groups is 1. The minimum atomic E-state index is -0.373. The first-order chi connectivity index (χ1) is 7.07. The molecule has 1 aliphatic rings. The lowest BCUT2D eigenvalue weighted by molar-refractivity contribution is -0.135. The van der Waals surface area contributed by atoms with Gasteiger partial charge >= 0.3 is 0 Å². The van der Waals surface area contributed by atoms with Crippen molar-refractivity contribution in [3.8, 4) is 0 Å².